The van der Waals surface area contributed by atoms with Crippen LogP contribution in [0, 0.1) is 0 Å². The fourth-order valence-corrected chi connectivity index (χ4v) is 4.81. The van der Waals surface area contributed by atoms with E-state index in [1.54, 1.807) is 7.11 Å². The second-order valence-electron chi connectivity index (χ2n) is 9.09. The van der Waals surface area contributed by atoms with E-state index >= 15 is 0 Å². The highest BCUT2D eigenvalue weighted by Crippen LogP contribution is 2.47. The fraction of sp³-hybridized carbons (Fsp3) is 0.667. The third kappa shape index (κ3) is 4.83. The predicted octanol–water partition coefficient (Wildman–Crippen LogP) is 5.32. The molecule has 0 aliphatic carbocycles. The maximum absolute atomic E-state index is 12.8. The van der Waals surface area contributed by atoms with Crippen molar-refractivity contribution >= 4 is 33.6 Å². The Morgan fingerprint density at radius 3 is 2.07 bits per heavy atom. The Kier molecular flexibility index (Phi) is 6.97. The highest BCUT2D eigenvalue weighted by Gasteiger charge is 2.42. The van der Waals surface area contributed by atoms with Crippen LogP contribution in [-0.4, -0.2) is 40.3 Å². The van der Waals surface area contributed by atoms with Crippen LogP contribution in [0.15, 0.2) is 12.1 Å². The van der Waals surface area contributed by atoms with Crippen molar-refractivity contribution in [1.29, 1.82) is 0 Å². The Balaban J connectivity index is 2.60. The maximum Gasteiger partial charge on any atom is 0.263 e. The zero-order valence-electron chi connectivity index (χ0n) is 17.4. The number of halogens is 1. The van der Waals surface area contributed by atoms with Crippen LogP contribution in [0.1, 0.15) is 70.0 Å². The van der Waals surface area contributed by atoms with Gasteiger partial charge in [-0.25, -0.2) is 0 Å². The quantitative estimate of drug-likeness (QED) is 0.607. The van der Waals surface area contributed by atoms with Gasteiger partial charge in [-0.3, -0.25) is 4.79 Å². The van der Waals surface area contributed by atoms with Gasteiger partial charge in [0.25, 0.3) is 5.91 Å². The molecule has 0 saturated carbocycles. The molecule has 1 amide bonds. The number of hydrogen-bond acceptors (Lipinski definition) is 4. The molecule has 4 nitrogen and oxygen atoms in total. The molecule has 27 heavy (non-hydrogen) atoms. The molecule has 1 aromatic rings. The lowest BCUT2D eigenvalue weighted by Crippen LogP contribution is -2.33. The lowest BCUT2D eigenvalue weighted by Gasteiger charge is -2.31. The molecule has 2 rings (SSSR count). The molecule has 2 atom stereocenters. The number of alkyl halides is 1. The highest BCUT2D eigenvalue weighted by atomic mass is 79.9. The van der Waals surface area contributed by atoms with Crippen molar-refractivity contribution in [2.75, 3.05) is 19.0 Å². The van der Waals surface area contributed by atoms with E-state index in [1.807, 2.05) is 4.90 Å². The maximum atomic E-state index is 12.8. The first kappa shape index (κ1) is 22.6. The van der Waals surface area contributed by atoms with Gasteiger partial charge in [-0.05, 0) is 46.1 Å². The number of aromatic hydroxyl groups is 1. The van der Waals surface area contributed by atoms with Crippen molar-refractivity contribution in [1.82, 2.24) is 4.90 Å². The van der Waals surface area contributed by atoms with E-state index in [1.165, 1.54) is 11.8 Å². The van der Waals surface area contributed by atoms with Gasteiger partial charge in [0, 0.05) is 19.0 Å². The minimum absolute atomic E-state index is 0.0242. The third-order valence-corrected chi connectivity index (χ3v) is 6.79. The average Bonchev–Trinajstić information content (AvgIpc) is 2.87. The minimum Gasteiger partial charge on any atom is -0.507 e. The van der Waals surface area contributed by atoms with Gasteiger partial charge in [-0.2, -0.15) is 0 Å². The normalized spacial score (nSPS) is 21.2. The van der Waals surface area contributed by atoms with Crippen LogP contribution in [0.3, 0.4) is 0 Å². The summed E-state index contributed by atoms with van der Waals surface area (Å²) in [6.07, 6.45) is 0.884. The molecule has 1 fully saturated rings. The lowest BCUT2D eigenvalue weighted by molar-refractivity contribution is -0.135. The van der Waals surface area contributed by atoms with Crippen LogP contribution in [0.2, 0.25) is 0 Å². The van der Waals surface area contributed by atoms with Gasteiger partial charge in [0.1, 0.15) is 11.1 Å². The Bertz CT molecular complexity index is 659. The molecule has 0 radical (unpaired) electrons. The summed E-state index contributed by atoms with van der Waals surface area (Å²) in [5.41, 5.74) is 2.01. The molecule has 2 unspecified atom stereocenters. The van der Waals surface area contributed by atoms with Crippen LogP contribution < -0.4 is 0 Å². The van der Waals surface area contributed by atoms with Crippen LogP contribution in [0.25, 0.3) is 0 Å². The van der Waals surface area contributed by atoms with Crippen LogP contribution in [-0.2, 0) is 20.4 Å². The van der Waals surface area contributed by atoms with Crippen molar-refractivity contribution in [3.05, 3.63) is 28.8 Å². The molecule has 152 valence electrons. The number of carbonyl (C=O) groups is 1. The number of benzene rings is 1. The molecule has 0 bridgehead atoms. The highest BCUT2D eigenvalue weighted by molar-refractivity contribution is 9.09. The number of nitrogens with zero attached hydrogens (tertiary/aromatic N) is 1. The average molecular weight is 458 g/mol. The zero-order chi connectivity index (χ0) is 20.6. The van der Waals surface area contributed by atoms with Crippen molar-refractivity contribution < 1.29 is 14.6 Å². The van der Waals surface area contributed by atoms with Gasteiger partial charge in [-0.1, -0.05) is 69.2 Å². The van der Waals surface area contributed by atoms with Crippen LogP contribution in [0.5, 0.6) is 5.75 Å². The Labute approximate surface area is 176 Å². The van der Waals surface area contributed by atoms with Gasteiger partial charge in [0.15, 0.2) is 5.44 Å². The van der Waals surface area contributed by atoms with Crippen LogP contribution >= 0.6 is 27.7 Å². The Hall–Kier alpha value is -0.720. The number of rotatable bonds is 5. The summed E-state index contributed by atoms with van der Waals surface area (Å²) in [6.45, 7) is 13.3. The second-order valence-corrected chi connectivity index (χ2v) is 11.0. The zero-order valence-corrected chi connectivity index (χ0v) is 19.8. The number of carbonyl (C=O) groups excluding carboxylic acids is 1. The van der Waals surface area contributed by atoms with Gasteiger partial charge in [-0.15, -0.1) is 0 Å². The number of hydrogen-bond donors (Lipinski definition) is 1. The second kappa shape index (κ2) is 8.34. The summed E-state index contributed by atoms with van der Waals surface area (Å²) in [6, 6.07) is 4.13. The summed E-state index contributed by atoms with van der Waals surface area (Å²) >= 11 is 4.99. The SMILES string of the molecule is COC1SC(c2cc(C(C)(C)C)c(O)c(C(C)(C)C)c2)N(CCCBr)C1=O. The van der Waals surface area contributed by atoms with E-state index in [0.717, 1.165) is 28.4 Å². The molecular weight excluding hydrogens is 426 g/mol. The molecule has 1 aliphatic heterocycles. The van der Waals surface area contributed by atoms with Crippen LogP contribution in [0.4, 0.5) is 0 Å². The first-order valence-corrected chi connectivity index (χ1v) is 11.4. The number of methoxy groups -OCH3 is 1. The smallest absolute Gasteiger partial charge is 0.263 e. The fourth-order valence-electron chi connectivity index (χ4n) is 3.31. The lowest BCUT2D eigenvalue weighted by atomic mass is 9.78. The molecule has 1 saturated heterocycles. The van der Waals surface area contributed by atoms with E-state index in [0.29, 0.717) is 12.3 Å². The molecule has 6 heteroatoms. The van der Waals surface area contributed by atoms with Gasteiger partial charge in [0.2, 0.25) is 0 Å². The summed E-state index contributed by atoms with van der Waals surface area (Å²) < 4.78 is 5.41. The monoisotopic (exact) mass is 457 g/mol. The van der Waals surface area contributed by atoms with Gasteiger partial charge in [0.05, 0.1) is 0 Å². The first-order chi connectivity index (χ1) is 12.4. The Morgan fingerprint density at radius 2 is 1.67 bits per heavy atom. The molecule has 1 N–H and O–H groups in total. The van der Waals surface area contributed by atoms with E-state index in [-0.39, 0.29) is 22.1 Å². The largest absolute Gasteiger partial charge is 0.507 e. The van der Waals surface area contributed by atoms with E-state index in [4.69, 9.17) is 4.74 Å². The Morgan fingerprint density at radius 1 is 1.15 bits per heavy atom. The molecule has 1 heterocycles. The van der Waals surface area contributed by atoms with Gasteiger partial charge < -0.3 is 14.7 Å². The minimum atomic E-state index is -0.477. The van der Waals surface area contributed by atoms with E-state index in [9.17, 15) is 9.90 Å². The molecule has 1 aliphatic rings. The molecule has 0 aromatic heterocycles. The number of ether oxygens (including phenoxy) is 1. The van der Waals surface area contributed by atoms with Crippen molar-refractivity contribution in [2.45, 2.75) is 69.6 Å². The number of amides is 1. The van der Waals surface area contributed by atoms with E-state index in [2.05, 4.69) is 69.6 Å². The summed E-state index contributed by atoms with van der Waals surface area (Å²) in [7, 11) is 1.58. The van der Waals surface area contributed by atoms with Crippen molar-refractivity contribution in [2.24, 2.45) is 0 Å². The number of phenols is 1. The number of thioether (sulfide) groups is 1. The predicted molar refractivity (Wildman–Crippen MR) is 117 cm³/mol. The standard InChI is InChI=1S/C21H32BrNO3S/c1-20(2,3)14-11-13(12-15(16(14)24)21(4,5)6)18-23(10-8-9-22)17(25)19(26-7)27-18/h11-12,18-19,24H,8-10H2,1-7H3. The first-order valence-electron chi connectivity index (χ1n) is 9.34. The van der Waals surface area contributed by atoms with E-state index < -0.39 is 5.44 Å². The number of phenolic OH excluding ortho intramolecular Hbond substituents is 1. The molecule has 1 aromatic carbocycles. The van der Waals surface area contributed by atoms with Crippen molar-refractivity contribution in [3.8, 4) is 5.75 Å². The van der Waals surface area contributed by atoms with Gasteiger partial charge >= 0.3 is 0 Å². The topological polar surface area (TPSA) is 49.8 Å². The summed E-state index contributed by atoms with van der Waals surface area (Å²) in [5.74, 6) is 0.388. The van der Waals surface area contributed by atoms with Crippen molar-refractivity contribution in [3.63, 3.8) is 0 Å². The summed E-state index contributed by atoms with van der Waals surface area (Å²) in [5, 5.41) is 11.7. The molecular formula is C21H32BrNO3S. The molecule has 0 spiro atoms. The summed E-state index contributed by atoms with van der Waals surface area (Å²) in [4.78, 5) is 14.7. The third-order valence-electron chi connectivity index (χ3n) is 4.80.